The largest absolute Gasteiger partial charge is 0.336 e. The molecule has 1 N–H and O–H groups in total. The lowest BCUT2D eigenvalue weighted by Gasteiger charge is -2.18. The van der Waals surface area contributed by atoms with Crippen molar-refractivity contribution in [2.45, 2.75) is 6.04 Å². The number of rotatable bonds is 3. The van der Waals surface area contributed by atoms with Gasteiger partial charge in [-0.1, -0.05) is 23.2 Å². The van der Waals surface area contributed by atoms with Gasteiger partial charge in [0.1, 0.15) is 0 Å². The van der Waals surface area contributed by atoms with Crippen molar-refractivity contribution in [2.24, 2.45) is 7.05 Å². The number of imidazole rings is 1. The van der Waals surface area contributed by atoms with Crippen LogP contribution in [0.1, 0.15) is 17.3 Å². The van der Waals surface area contributed by atoms with E-state index in [0.717, 1.165) is 11.3 Å². The summed E-state index contributed by atoms with van der Waals surface area (Å²) in [5.41, 5.74) is 1.99. The molecule has 0 radical (unpaired) electrons. The fourth-order valence-electron chi connectivity index (χ4n) is 1.84. The van der Waals surface area contributed by atoms with Crippen LogP contribution in [0.4, 0.5) is 0 Å². The molecule has 0 fully saturated rings. The molecule has 1 unspecified atom stereocenters. The van der Waals surface area contributed by atoms with Gasteiger partial charge in [-0.25, -0.2) is 4.98 Å². The van der Waals surface area contributed by atoms with Crippen LogP contribution >= 0.6 is 23.2 Å². The molecule has 17 heavy (non-hydrogen) atoms. The number of halogens is 2. The molecular weight excluding hydrogens is 257 g/mol. The zero-order chi connectivity index (χ0) is 12.4. The Morgan fingerprint density at radius 1 is 1.35 bits per heavy atom. The summed E-state index contributed by atoms with van der Waals surface area (Å²) in [6, 6.07) is 5.44. The molecule has 90 valence electrons. The van der Waals surface area contributed by atoms with Gasteiger partial charge in [0.05, 0.1) is 24.3 Å². The van der Waals surface area contributed by atoms with Crippen LogP contribution in [0.2, 0.25) is 10.0 Å². The normalized spacial score (nSPS) is 12.7. The van der Waals surface area contributed by atoms with Gasteiger partial charge in [-0.15, -0.1) is 0 Å². The molecule has 0 saturated heterocycles. The summed E-state index contributed by atoms with van der Waals surface area (Å²) in [4.78, 5) is 4.12. The number of benzene rings is 1. The first kappa shape index (κ1) is 12.4. The van der Waals surface area contributed by atoms with E-state index in [1.807, 2.05) is 30.9 Å². The summed E-state index contributed by atoms with van der Waals surface area (Å²) in [7, 11) is 3.83. The lowest BCUT2D eigenvalue weighted by atomic mass is 10.0. The van der Waals surface area contributed by atoms with Crippen LogP contribution in [0.15, 0.2) is 30.7 Å². The minimum Gasteiger partial charge on any atom is -0.336 e. The highest BCUT2D eigenvalue weighted by Crippen LogP contribution is 2.30. The predicted octanol–water partition coefficient (Wildman–Crippen LogP) is 3.04. The molecule has 0 amide bonds. The van der Waals surface area contributed by atoms with Gasteiger partial charge >= 0.3 is 0 Å². The number of hydrogen-bond donors (Lipinski definition) is 1. The second-order valence-electron chi connectivity index (χ2n) is 3.82. The van der Waals surface area contributed by atoms with E-state index in [2.05, 4.69) is 10.3 Å². The third-order valence-electron chi connectivity index (χ3n) is 2.71. The van der Waals surface area contributed by atoms with Crippen LogP contribution in [-0.4, -0.2) is 16.6 Å². The van der Waals surface area contributed by atoms with Crippen molar-refractivity contribution in [2.75, 3.05) is 7.05 Å². The molecule has 1 heterocycles. The highest BCUT2D eigenvalue weighted by atomic mass is 35.5. The van der Waals surface area contributed by atoms with Crippen molar-refractivity contribution < 1.29 is 0 Å². The summed E-state index contributed by atoms with van der Waals surface area (Å²) in [6.07, 6.45) is 3.58. The molecule has 0 aliphatic carbocycles. The maximum atomic E-state index is 6.21. The molecule has 0 aliphatic heterocycles. The Morgan fingerprint density at radius 3 is 2.71 bits per heavy atom. The maximum absolute atomic E-state index is 6.21. The topological polar surface area (TPSA) is 29.9 Å². The standard InChI is InChI=1S/C12H13Cl2N3/c1-15-12(11-6-16-7-17(11)2)9-5-8(13)3-4-10(9)14/h3-7,12,15H,1-2H3. The minimum absolute atomic E-state index is 0.0197. The Balaban J connectivity index is 2.49. The van der Waals surface area contributed by atoms with Crippen LogP contribution in [0, 0.1) is 0 Å². The summed E-state index contributed by atoms with van der Waals surface area (Å²) in [5, 5.41) is 4.59. The van der Waals surface area contributed by atoms with E-state index in [-0.39, 0.29) is 6.04 Å². The van der Waals surface area contributed by atoms with Gasteiger partial charge in [0, 0.05) is 17.1 Å². The van der Waals surface area contributed by atoms with E-state index >= 15 is 0 Å². The van der Waals surface area contributed by atoms with E-state index in [1.165, 1.54) is 0 Å². The van der Waals surface area contributed by atoms with Crippen LogP contribution in [0.25, 0.3) is 0 Å². The van der Waals surface area contributed by atoms with Crippen molar-refractivity contribution in [3.05, 3.63) is 52.0 Å². The fourth-order valence-corrected chi connectivity index (χ4v) is 2.25. The Morgan fingerprint density at radius 2 is 2.12 bits per heavy atom. The van der Waals surface area contributed by atoms with Crippen molar-refractivity contribution in [3.63, 3.8) is 0 Å². The second-order valence-corrected chi connectivity index (χ2v) is 4.66. The van der Waals surface area contributed by atoms with Crippen LogP contribution in [-0.2, 0) is 7.05 Å². The van der Waals surface area contributed by atoms with E-state index in [1.54, 1.807) is 18.5 Å². The van der Waals surface area contributed by atoms with Crippen LogP contribution < -0.4 is 5.32 Å². The molecular formula is C12H13Cl2N3. The number of nitrogens with zero attached hydrogens (tertiary/aromatic N) is 2. The summed E-state index contributed by atoms with van der Waals surface area (Å²) in [6.45, 7) is 0. The quantitative estimate of drug-likeness (QED) is 0.929. The first-order valence-corrected chi connectivity index (χ1v) is 5.97. The number of nitrogens with one attached hydrogen (secondary N) is 1. The van der Waals surface area contributed by atoms with Gasteiger partial charge in [0.25, 0.3) is 0 Å². The van der Waals surface area contributed by atoms with Gasteiger partial charge in [0.2, 0.25) is 0 Å². The molecule has 0 aliphatic rings. The average Bonchev–Trinajstić information content (AvgIpc) is 2.71. The first-order chi connectivity index (χ1) is 8.13. The number of hydrogen-bond acceptors (Lipinski definition) is 2. The summed E-state index contributed by atoms with van der Waals surface area (Å²) >= 11 is 12.2. The number of aryl methyl sites for hydroxylation is 1. The number of aromatic nitrogens is 2. The summed E-state index contributed by atoms with van der Waals surface area (Å²) < 4.78 is 1.96. The third kappa shape index (κ3) is 2.46. The second kappa shape index (κ2) is 5.08. The molecule has 2 rings (SSSR count). The van der Waals surface area contributed by atoms with Crippen LogP contribution in [0.5, 0.6) is 0 Å². The van der Waals surface area contributed by atoms with Crippen LogP contribution in [0.3, 0.4) is 0 Å². The molecule has 0 bridgehead atoms. The zero-order valence-electron chi connectivity index (χ0n) is 9.61. The van der Waals surface area contributed by atoms with E-state index in [9.17, 15) is 0 Å². The highest BCUT2D eigenvalue weighted by molar-refractivity contribution is 6.33. The molecule has 2 aromatic rings. The van der Waals surface area contributed by atoms with Gasteiger partial charge in [-0.05, 0) is 30.8 Å². The summed E-state index contributed by atoms with van der Waals surface area (Å²) in [5.74, 6) is 0. The maximum Gasteiger partial charge on any atom is 0.0946 e. The Kier molecular flexibility index (Phi) is 3.72. The van der Waals surface area contributed by atoms with Crippen molar-refractivity contribution in [1.29, 1.82) is 0 Å². The third-order valence-corrected chi connectivity index (χ3v) is 3.29. The predicted molar refractivity (Wildman–Crippen MR) is 70.6 cm³/mol. The average molecular weight is 270 g/mol. The van der Waals surface area contributed by atoms with E-state index < -0.39 is 0 Å². The Bertz CT molecular complexity index is 522. The molecule has 3 nitrogen and oxygen atoms in total. The Labute approximate surface area is 110 Å². The fraction of sp³-hybridized carbons (Fsp3) is 0.250. The molecule has 1 aromatic carbocycles. The molecule has 5 heteroatoms. The van der Waals surface area contributed by atoms with Crippen molar-refractivity contribution >= 4 is 23.2 Å². The smallest absolute Gasteiger partial charge is 0.0946 e. The molecule has 0 saturated carbocycles. The van der Waals surface area contributed by atoms with Crippen molar-refractivity contribution in [3.8, 4) is 0 Å². The SMILES string of the molecule is CNC(c1cc(Cl)ccc1Cl)c1cncn1C. The zero-order valence-corrected chi connectivity index (χ0v) is 11.1. The lowest BCUT2D eigenvalue weighted by Crippen LogP contribution is -2.20. The molecule has 1 aromatic heterocycles. The van der Waals surface area contributed by atoms with Gasteiger partial charge in [-0.3, -0.25) is 0 Å². The van der Waals surface area contributed by atoms with Gasteiger partial charge < -0.3 is 9.88 Å². The van der Waals surface area contributed by atoms with Gasteiger partial charge in [0.15, 0.2) is 0 Å². The first-order valence-electron chi connectivity index (χ1n) is 5.22. The minimum atomic E-state index is -0.0197. The molecule has 0 spiro atoms. The van der Waals surface area contributed by atoms with E-state index in [0.29, 0.717) is 10.0 Å². The lowest BCUT2D eigenvalue weighted by molar-refractivity contribution is 0.638. The van der Waals surface area contributed by atoms with Gasteiger partial charge in [-0.2, -0.15) is 0 Å². The monoisotopic (exact) mass is 269 g/mol. The van der Waals surface area contributed by atoms with Crippen molar-refractivity contribution in [1.82, 2.24) is 14.9 Å². The highest BCUT2D eigenvalue weighted by Gasteiger charge is 2.18. The van der Waals surface area contributed by atoms with E-state index in [4.69, 9.17) is 23.2 Å². The Hall–Kier alpha value is -1.03. The molecule has 1 atom stereocenters.